The van der Waals surface area contributed by atoms with Crippen LogP contribution in [0.4, 0.5) is 24.0 Å². The van der Waals surface area contributed by atoms with E-state index in [2.05, 4.69) is 9.69 Å². The fourth-order valence-electron chi connectivity index (χ4n) is 1.57. The van der Waals surface area contributed by atoms with E-state index < -0.39 is 11.7 Å². The Morgan fingerprint density at radius 3 is 2.80 bits per heavy atom. The van der Waals surface area contributed by atoms with Gasteiger partial charge in [-0.15, -0.1) is 0 Å². The van der Waals surface area contributed by atoms with Crippen molar-refractivity contribution in [2.45, 2.75) is 12.7 Å². The number of rotatable bonds is 3. The molecule has 0 spiro atoms. The molecular formula is C12H9F3N4S. The summed E-state index contributed by atoms with van der Waals surface area (Å²) >= 11 is 0.999. The van der Waals surface area contributed by atoms with Crippen molar-refractivity contribution in [1.29, 1.82) is 5.26 Å². The minimum absolute atomic E-state index is 0.115. The van der Waals surface area contributed by atoms with Gasteiger partial charge in [0, 0.05) is 6.54 Å². The van der Waals surface area contributed by atoms with Crippen LogP contribution < -0.4 is 11.1 Å². The van der Waals surface area contributed by atoms with Gasteiger partial charge in [-0.25, -0.2) is 0 Å². The van der Waals surface area contributed by atoms with Crippen LogP contribution in [0, 0.1) is 11.3 Å². The highest BCUT2D eigenvalue weighted by Gasteiger charge is 2.30. The monoisotopic (exact) mass is 298 g/mol. The zero-order valence-electron chi connectivity index (χ0n) is 10.0. The molecule has 4 nitrogen and oxygen atoms in total. The van der Waals surface area contributed by atoms with Gasteiger partial charge in [-0.2, -0.15) is 22.8 Å². The summed E-state index contributed by atoms with van der Waals surface area (Å²) in [6.45, 7) is 0.153. The van der Waals surface area contributed by atoms with Crippen LogP contribution >= 0.6 is 11.5 Å². The van der Waals surface area contributed by atoms with E-state index in [1.54, 1.807) is 6.07 Å². The predicted octanol–water partition coefficient (Wildman–Crippen LogP) is 3.23. The van der Waals surface area contributed by atoms with Crippen molar-refractivity contribution in [2.75, 3.05) is 11.1 Å². The van der Waals surface area contributed by atoms with Crippen molar-refractivity contribution < 1.29 is 13.2 Å². The van der Waals surface area contributed by atoms with Crippen LogP contribution in [0.15, 0.2) is 24.3 Å². The van der Waals surface area contributed by atoms with Crippen molar-refractivity contribution in [3.05, 3.63) is 41.0 Å². The molecule has 0 saturated heterocycles. The van der Waals surface area contributed by atoms with Gasteiger partial charge in [0.15, 0.2) is 5.82 Å². The fraction of sp³-hybridized carbons (Fsp3) is 0.167. The van der Waals surface area contributed by atoms with Crippen LogP contribution in [-0.2, 0) is 12.7 Å². The number of hydrogen-bond acceptors (Lipinski definition) is 5. The number of nitrogen functional groups attached to an aromatic ring is 1. The highest BCUT2D eigenvalue weighted by Crippen LogP contribution is 2.30. The second kappa shape index (κ2) is 5.38. The molecule has 1 heterocycles. The first-order chi connectivity index (χ1) is 9.41. The summed E-state index contributed by atoms with van der Waals surface area (Å²) in [6.07, 6.45) is -4.37. The van der Waals surface area contributed by atoms with Crippen LogP contribution in [0.3, 0.4) is 0 Å². The van der Waals surface area contributed by atoms with Gasteiger partial charge in [0.05, 0.1) is 5.56 Å². The molecule has 0 bridgehead atoms. The summed E-state index contributed by atoms with van der Waals surface area (Å²) in [5.41, 5.74) is 5.45. The third kappa shape index (κ3) is 3.00. The first kappa shape index (κ1) is 14.1. The van der Waals surface area contributed by atoms with Gasteiger partial charge >= 0.3 is 6.18 Å². The summed E-state index contributed by atoms with van der Waals surface area (Å²) < 4.78 is 41.5. The molecular weight excluding hydrogens is 289 g/mol. The van der Waals surface area contributed by atoms with E-state index >= 15 is 0 Å². The fourth-order valence-corrected chi connectivity index (χ4v) is 2.23. The molecule has 3 N–H and O–H groups in total. The molecule has 2 aromatic rings. The first-order valence-electron chi connectivity index (χ1n) is 5.47. The molecule has 2 rings (SSSR count). The van der Waals surface area contributed by atoms with Gasteiger partial charge < -0.3 is 11.1 Å². The van der Waals surface area contributed by atoms with E-state index in [4.69, 9.17) is 11.0 Å². The maximum atomic E-state index is 12.6. The quantitative estimate of drug-likeness (QED) is 0.912. The van der Waals surface area contributed by atoms with Crippen LogP contribution in [0.2, 0.25) is 0 Å². The Bertz CT molecular complexity index is 657. The number of nitrogens with two attached hydrogens (primary N) is 1. The second-order valence-corrected chi connectivity index (χ2v) is 4.71. The lowest BCUT2D eigenvalue weighted by Gasteiger charge is -2.09. The number of halogens is 3. The first-order valence-corrected chi connectivity index (χ1v) is 6.24. The largest absolute Gasteiger partial charge is 0.416 e. The summed E-state index contributed by atoms with van der Waals surface area (Å²) in [7, 11) is 0. The summed E-state index contributed by atoms with van der Waals surface area (Å²) in [5, 5.41) is 12.2. The van der Waals surface area contributed by atoms with Gasteiger partial charge in [-0.05, 0) is 29.2 Å². The third-order valence-electron chi connectivity index (χ3n) is 2.54. The highest BCUT2D eigenvalue weighted by molar-refractivity contribution is 7.10. The Balaban J connectivity index is 2.14. The summed E-state index contributed by atoms with van der Waals surface area (Å²) in [4.78, 5) is 0. The second-order valence-electron chi connectivity index (χ2n) is 3.94. The lowest BCUT2D eigenvalue weighted by Crippen LogP contribution is -2.06. The minimum Gasteiger partial charge on any atom is -0.382 e. The molecule has 0 saturated carbocycles. The zero-order chi connectivity index (χ0) is 14.8. The molecule has 0 aliphatic rings. The number of nitriles is 1. The standard InChI is InChI=1S/C12H9F3N4S/c13-12(14,15)8-3-1-2-7(4-8)6-18-11-9(5-16)10(17)19-20-11/h1-4,18H,6H2,(H2,17,19). The molecule has 8 heteroatoms. The predicted molar refractivity (Wildman–Crippen MR) is 70.0 cm³/mol. The summed E-state index contributed by atoms with van der Waals surface area (Å²) in [6, 6.07) is 6.87. The van der Waals surface area contributed by atoms with E-state index in [0.29, 0.717) is 10.6 Å². The van der Waals surface area contributed by atoms with E-state index in [0.717, 1.165) is 23.7 Å². The molecule has 0 unspecified atom stereocenters. The normalized spacial score (nSPS) is 11.1. The Hall–Kier alpha value is -2.27. The molecule has 0 amide bonds. The van der Waals surface area contributed by atoms with Crippen molar-refractivity contribution in [3.63, 3.8) is 0 Å². The number of anilines is 2. The van der Waals surface area contributed by atoms with Crippen LogP contribution in [0.1, 0.15) is 16.7 Å². The summed E-state index contributed by atoms with van der Waals surface area (Å²) in [5.74, 6) is 0.115. The Kier molecular flexibility index (Phi) is 3.81. The number of alkyl halides is 3. The third-order valence-corrected chi connectivity index (χ3v) is 3.36. The van der Waals surface area contributed by atoms with Crippen LogP contribution in [0.5, 0.6) is 0 Å². The average molecular weight is 298 g/mol. The zero-order valence-corrected chi connectivity index (χ0v) is 10.8. The minimum atomic E-state index is -4.37. The molecule has 104 valence electrons. The van der Waals surface area contributed by atoms with Crippen LogP contribution in [-0.4, -0.2) is 4.37 Å². The Labute approximate surface area is 116 Å². The Morgan fingerprint density at radius 1 is 1.40 bits per heavy atom. The van der Waals surface area contributed by atoms with Gasteiger partial charge in [-0.1, -0.05) is 12.1 Å². The van der Waals surface area contributed by atoms with Crippen molar-refractivity contribution in [3.8, 4) is 6.07 Å². The number of nitrogens with one attached hydrogen (secondary N) is 1. The van der Waals surface area contributed by atoms with E-state index in [1.165, 1.54) is 6.07 Å². The molecule has 0 atom stereocenters. The number of hydrogen-bond donors (Lipinski definition) is 2. The molecule has 0 fully saturated rings. The average Bonchev–Trinajstić information content (AvgIpc) is 2.76. The van der Waals surface area contributed by atoms with Gasteiger partial charge in [0.2, 0.25) is 0 Å². The van der Waals surface area contributed by atoms with Gasteiger partial charge in [0.1, 0.15) is 16.6 Å². The van der Waals surface area contributed by atoms with E-state index in [-0.39, 0.29) is 17.9 Å². The molecule has 1 aromatic carbocycles. The maximum absolute atomic E-state index is 12.6. The SMILES string of the molecule is N#Cc1c(N)nsc1NCc1cccc(C(F)(F)F)c1. The van der Waals surface area contributed by atoms with Gasteiger partial charge in [-0.3, -0.25) is 0 Å². The van der Waals surface area contributed by atoms with Gasteiger partial charge in [0.25, 0.3) is 0 Å². The van der Waals surface area contributed by atoms with Crippen molar-refractivity contribution in [2.24, 2.45) is 0 Å². The van der Waals surface area contributed by atoms with E-state index in [9.17, 15) is 13.2 Å². The lowest BCUT2D eigenvalue weighted by molar-refractivity contribution is -0.137. The lowest BCUT2D eigenvalue weighted by atomic mass is 10.1. The Morgan fingerprint density at radius 2 is 2.15 bits per heavy atom. The maximum Gasteiger partial charge on any atom is 0.416 e. The topological polar surface area (TPSA) is 74.7 Å². The molecule has 0 aliphatic heterocycles. The smallest absolute Gasteiger partial charge is 0.382 e. The van der Waals surface area contributed by atoms with Crippen molar-refractivity contribution in [1.82, 2.24) is 4.37 Å². The number of benzene rings is 1. The van der Waals surface area contributed by atoms with E-state index in [1.807, 2.05) is 6.07 Å². The molecule has 0 aliphatic carbocycles. The molecule has 1 aromatic heterocycles. The number of nitrogens with zero attached hydrogens (tertiary/aromatic N) is 2. The number of aromatic nitrogens is 1. The van der Waals surface area contributed by atoms with Crippen LogP contribution in [0.25, 0.3) is 0 Å². The van der Waals surface area contributed by atoms with Crippen molar-refractivity contribution >= 4 is 22.4 Å². The molecule has 20 heavy (non-hydrogen) atoms. The molecule has 0 radical (unpaired) electrons. The highest BCUT2D eigenvalue weighted by atomic mass is 32.1.